The van der Waals surface area contributed by atoms with E-state index in [0.29, 0.717) is 28.6 Å². The molecule has 0 radical (unpaired) electrons. The van der Waals surface area contributed by atoms with E-state index < -0.39 is 0 Å². The smallest absolute Gasteiger partial charge is 0.129 e. The Labute approximate surface area is 101 Å². The molecule has 0 amide bonds. The van der Waals surface area contributed by atoms with E-state index in [1.165, 1.54) is 18.9 Å². The summed E-state index contributed by atoms with van der Waals surface area (Å²) in [6, 6.07) is 5.22. The van der Waals surface area contributed by atoms with Crippen molar-refractivity contribution in [3.05, 3.63) is 34.6 Å². The summed E-state index contributed by atoms with van der Waals surface area (Å²) >= 11 is 5.96. The van der Waals surface area contributed by atoms with Gasteiger partial charge in [0.25, 0.3) is 0 Å². The lowest BCUT2D eigenvalue weighted by molar-refractivity contribution is 0.377. The monoisotopic (exact) mass is 241 g/mol. The summed E-state index contributed by atoms with van der Waals surface area (Å²) < 4.78 is 13.5. The number of rotatable bonds is 4. The minimum absolute atomic E-state index is 0.229. The molecule has 3 heteroatoms. The molecule has 1 nitrogen and oxygen atoms in total. The molecule has 0 spiro atoms. The van der Waals surface area contributed by atoms with E-state index in [1.807, 2.05) is 0 Å². The highest BCUT2D eigenvalue weighted by molar-refractivity contribution is 6.31. The van der Waals surface area contributed by atoms with E-state index in [4.69, 9.17) is 11.6 Å². The van der Waals surface area contributed by atoms with Crippen molar-refractivity contribution in [2.45, 2.75) is 39.3 Å². The quantitative estimate of drug-likeness (QED) is 0.847. The Hall–Kier alpha value is -0.600. The zero-order valence-electron chi connectivity index (χ0n) is 9.69. The molecule has 16 heavy (non-hydrogen) atoms. The number of halogens is 2. The summed E-state index contributed by atoms with van der Waals surface area (Å²) in [7, 11) is 0. The third kappa shape index (κ3) is 2.38. The predicted molar refractivity (Wildman–Crippen MR) is 65.1 cm³/mol. The third-order valence-corrected chi connectivity index (χ3v) is 4.08. The van der Waals surface area contributed by atoms with Gasteiger partial charge < -0.3 is 5.32 Å². The van der Waals surface area contributed by atoms with E-state index in [2.05, 4.69) is 19.2 Å². The third-order valence-electron chi connectivity index (χ3n) is 3.73. The number of benzene rings is 1. The Morgan fingerprint density at radius 2 is 2.19 bits per heavy atom. The second-order valence-electron chi connectivity index (χ2n) is 4.96. The normalized spacial score (nSPS) is 19.5. The Balaban J connectivity index is 1.99. The van der Waals surface area contributed by atoms with Crippen molar-refractivity contribution < 1.29 is 4.39 Å². The molecule has 0 aliphatic heterocycles. The van der Waals surface area contributed by atoms with E-state index in [1.54, 1.807) is 12.1 Å². The Bertz CT molecular complexity index is 367. The van der Waals surface area contributed by atoms with Crippen LogP contribution in [0.2, 0.25) is 5.02 Å². The van der Waals surface area contributed by atoms with Crippen LogP contribution in [0.3, 0.4) is 0 Å². The molecule has 0 bridgehead atoms. The fraction of sp³-hybridized carbons (Fsp3) is 0.538. The van der Waals surface area contributed by atoms with E-state index in [-0.39, 0.29) is 5.82 Å². The Morgan fingerprint density at radius 3 is 2.75 bits per heavy atom. The van der Waals surface area contributed by atoms with Crippen molar-refractivity contribution in [3.63, 3.8) is 0 Å². The maximum Gasteiger partial charge on any atom is 0.129 e. The first-order chi connectivity index (χ1) is 7.53. The first-order valence-electron chi connectivity index (χ1n) is 5.69. The van der Waals surface area contributed by atoms with Gasteiger partial charge in [-0.05, 0) is 37.3 Å². The molecule has 1 saturated carbocycles. The summed E-state index contributed by atoms with van der Waals surface area (Å²) in [5, 5.41) is 3.86. The Morgan fingerprint density at radius 1 is 1.50 bits per heavy atom. The van der Waals surface area contributed by atoms with Gasteiger partial charge in [-0.25, -0.2) is 4.39 Å². The van der Waals surface area contributed by atoms with Gasteiger partial charge in [0.15, 0.2) is 0 Å². The van der Waals surface area contributed by atoms with Gasteiger partial charge in [-0.1, -0.05) is 24.6 Å². The van der Waals surface area contributed by atoms with Crippen molar-refractivity contribution in [2.75, 3.05) is 0 Å². The number of hydrogen-bond acceptors (Lipinski definition) is 1. The molecule has 1 N–H and O–H groups in total. The van der Waals surface area contributed by atoms with E-state index in [0.717, 1.165) is 0 Å². The van der Waals surface area contributed by atoms with Crippen molar-refractivity contribution in [2.24, 2.45) is 5.41 Å². The van der Waals surface area contributed by atoms with Crippen LogP contribution in [0.1, 0.15) is 32.3 Å². The van der Waals surface area contributed by atoms with Gasteiger partial charge in [0.2, 0.25) is 0 Å². The predicted octanol–water partition coefficient (Wildman–Crippen LogP) is 3.76. The van der Waals surface area contributed by atoms with Crippen LogP contribution in [0.4, 0.5) is 4.39 Å². The van der Waals surface area contributed by atoms with E-state index >= 15 is 0 Å². The van der Waals surface area contributed by atoms with Crippen LogP contribution in [0.5, 0.6) is 0 Å². The maximum absolute atomic E-state index is 13.5. The summed E-state index contributed by atoms with van der Waals surface area (Å²) in [6.45, 7) is 4.91. The number of hydrogen-bond donors (Lipinski definition) is 1. The lowest BCUT2D eigenvalue weighted by Gasteiger charge is -2.20. The summed E-state index contributed by atoms with van der Waals surface area (Å²) in [5.41, 5.74) is 0.970. The highest BCUT2D eigenvalue weighted by atomic mass is 35.5. The second-order valence-corrected chi connectivity index (χ2v) is 5.36. The lowest BCUT2D eigenvalue weighted by atomic mass is 10.0. The van der Waals surface area contributed by atoms with Gasteiger partial charge in [-0.3, -0.25) is 0 Å². The van der Waals surface area contributed by atoms with E-state index in [9.17, 15) is 4.39 Å². The zero-order chi connectivity index (χ0) is 11.8. The van der Waals surface area contributed by atoms with Gasteiger partial charge in [0.05, 0.1) is 0 Å². The molecule has 1 aliphatic rings. The Kier molecular flexibility index (Phi) is 3.22. The molecule has 88 valence electrons. The number of nitrogens with one attached hydrogen (secondary N) is 1. The minimum atomic E-state index is -0.229. The van der Waals surface area contributed by atoms with Gasteiger partial charge >= 0.3 is 0 Å². The van der Waals surface area contributed by atoms with Gasteiger partial charge in [0, 0.05) is 23.2 Å². The molecule has 1 aromatic carbocycles. The highest BCUT2D eigenvalue weighted by Crippen LogP contribution is 2.48. The first kappa shape index (κ1) is 11.9. The van der Waals surface area contributed by atoms with Crippen molar-refractivity contribution in [1.82, 2.24) is 5.32 Å². The molecule has 1 aromatic rings. The maximum atomic E-state index is 13.5. The summed E-state index contributed by atoms with van der Waals surface area (Å²) in [4.78, 5) is 0. The standard InChI is InChI=1S/C13H17ClFN/c1-9(13(2)6-7-13)16-8-10-11(14)4-3-5-12(10)15/h3-5,9,16H,6-8H2,1-2H3. The molecule has 1 aliphatic carbocycles. The van der Waals surface area contributed by atoms with Crippen LogP contribution in [0.25, 0.3) is 0 Å². The minimum Gasteiger partial charge on any atom is -0.309 e. The fourth-order valence-corrected chi connectivity index (χ4v) is 2.06. The molecule has 0 aromatic heterocycles. The molecule has 1 unspecified atom stereocenters. The lowest BCUT2D eigenvalue weighted by Crippen LogP contribution is -2.33. The molecule has 1 fully saturated rings. The molecular weight excluding hydrogens is 225 g/mol. The van der Waals surface area contributed by atoms with Gasteiger partial charge in [0.1, 0.15) is 5.82 Å². The van der Waals surface area contributed by atoms with Crippen molar-refractivity contribution in [1.29, 1.82) is 0 Å². The van der Waals surface area contributed by atoms with Crippen LogP contribution < -0.4 is 5.32 Å². The zero-order valence-corrected chi connectivity index (χ0v) is 10.4. The fourth-order valence-electron chi connectivity index (χ4n) is 1.83. The molecule has 2 rings (SSSR count). The van der Waals surface area contributed by atoms with Gasteiger partial charge in [-0.2, -0.15) is 0 Å². The van der Waals surface area contributed by atoms with Crippen LogP contribution in [-0.4, -0.2) is 6.04 Å². The SMILES string of the molecule is CC(NCc1c(F)cccc1Cl)C1(C)CC1. The van der Waals surface area contributed by atoms with Crippen molar-refractivity contribution in [3.8, 4) is 0 Å². The average molecular weight is 242 g/mol. The highest BCUT2D eigenvalue weighted by Gasteiger charge is 2.42. The van der Waals surface area contributed by atoms with Gasteiger partial charge in [-0.15, -0.1) is 0 Å². The second kappa shape index (κ2) is 4.34. The molecular formula is C13H17ClFN. The van der Waals surface area contributed by atoms with Crippen LogP contribution >= 0.6 is 11.6 Å². The van der Waals surface area contributed by atoms with Crippen LogP contribution in [-0.2, 0) is 6.54 Å². The summed E-state index contributed by atoms with van der Waals surface area (Å²) in [6.07, 6.45) is 2.51. The van der Waals surface area contributed by atoms with Crippen molar-refractivity contribution >= 4 is 11.6 Å². The largest absolute Gasteiger partial charge is 0.309 e. The average Bonchev–Trinajstić information content (AvgIpc) is 2.97. The molecule has 0 saturated heterocycles. The van der Waals surface area contributed by atoms with Crippen LogP contribution in [0, 0.1) is 11.2 Å². The summed E-state index contributed by atoms with van der Waals surface area (Å²) in [5.74, 6) is -0.229. The molecule has 1 atom stereocenters. The van der Waals surface area contributed by atoms with Crippen LogP contribution in [0.15, 0.2) is 18.2 Å². The topological polar surface area (TPSA) is 12.0 Å². The molecule has 0 heterocycles. The first-order valence-corrected chi connectivity index (χ1v) is 6.07.